The number of amides is 1. The van der Waals surface area contributed by atoms with Gasteiger partial charge in [0.1, 0.15) is 5.69 Å². The normalized spacial score (nSPS) is 17.7. The highest BCUT2D eigenvalue weighted by Crippen LogP contribution is 2.12. The minimum Gasteiger partial charge on any atom is -0.337 e. The summed E-state index contributed by atoms with van der Waals surface area (Å²) in [5.41, 5.74) is 0.566. The van der Waals surface area contributed by atoms with Crippen LogP contribution in [-0.2, 0) is 0 Å². The fourth-order valence-corrected chi connectivity index (χ4v) is 1.92. The highest BCUT2D eigenvalue weighted by atomic mass is 16.2. The van der Waals surface area contributed by atoms with Crippen LogP contribution in [0.15, 0.2) is 12.3 Å². The smallest absolute Gasteiger partial charge is 0.271 e. The van der Waals surface area contributed by atoms with E-state index in [0.29, 0.717) is 11.7 Å². The Morgan fingerprint density at radius 2 is 2.27 bits per heavy atom. The van der Waals surface area contributed by atoms with Gasteiger partial charge in [-0.3, -0.25) is 9.89 Å². The molecule has 1 aromatic heterocycles. The Morgan fingerprint density at radius 3 is 2.87 bits per heavy atom. The van der Waals surface area contributed by atoms with E-state index in [4.69, 9.17) is 0 Å². The van der Waals surface area contributed by atoms with Crippen LogP contribution in [0.4, 0.5) is 0 Å². The number of carbonyl (C=O) groups is 1. The summed E-state index contributed by atoms with van der Waals surface area (Å²) >= 11 is 0. The quantitative estimate of drug-likeness (QED) is 0.731. The molecule has 1 aliphatic heterocycles. The highest BCUT2D eigenvalue weighted by molar-refractivity contribution is 5.92. The Hall–Kier alpha value is -1.36. The van der Waals surface area contributed by atoms with Gasteiger partial charge in [-0.2, -0.15) is 5.10 Å². The predicted molar refractivity (Wildman–Crippen MR) is 56.6 cm³/mol. The molecule has 5 nitrogen and oxygen atoms in total. The summed E-state index contributed by atoms with van der Waals surface area (Å²) < 4.78 is 0. The molecule has 1 amide bonds. The van der Waals surface area contributed by atoms with Gasteiger partial charge in [0.05, 0.1) is 0 Å². The van der Waals surface area contributed by atoms with E-state index in [1.165, 1.54) is 0 Å². The SMILES string of the molecule is CN(C(=O)c1ccn[nH]1)C1CCNCC1. The van der Waals surface area contributed by atoms with Crippen LogP contribution >= 0.6 is 0 Å². The summed E-state index contributed by atoms with van der Waals surface area (Å²) in [6.07, 6.45) is 3.65. The van der Waals surface area contributed by atoms with Crippen molar-refractivity contribution >= 4 is 5.91 Å². The van der Waals surface area contributed by atoms with Crippen LogP contribution in [0.3, 0.4) is 0 Å². The van der Waals surface area contributed by atoms with Crippen molar-refractivity contribution in [2.75, 3.05) is 20.1 Å². The summed E-state index contributed by atoms with van der Waals surface area (Å²) in [5, 5.41) is 9.77. The molecule has 0 spiro atoms. The van der Waals surface area contributed by atoms with Gasteiger partial charge in [0.15, 0.2) is 0 Å². The Labute approximate surface area is 88.8 Å². The fraction of sp³-hybridized carbons (Fsp3) is 0.600. The lowest BCUT2D eigenvalue weighted by atomic mass is 10.1. The maximum atomic E-state index is 11.9. The van der Waals surface area contributed by atoms with Gasteiger partial charge in [-0.05, 0) is 32.0 Å². The fourth-order valence-electron chi connectivity index (χ4n) is 1.92. The van der Waals surface area contributed by atoms with Crippen molar-refractivity contribution < 1.29 is 4.79 Å². The number of rotatable bonds is 2. The first kappa shape index (κ1) is 10.2. The maximum absolute atomic E-state index is 11.9. The Kier molecular flexibility index (Phi) is 3.01. The minimum atomic E-state index is 0.0272. The summed E-state index contributed by atoms with van der Waals surface area (Å²) in [4.78, 5) is 13.8. The Morgan fingerprint density at radius 1 is 1.53 bits per heavy atom. The summed E-state index contributed by atoms with van der Waals surface area (Å²) in [6, 6.07) is 2.06. The van der Waals surface area contributed by atoms with Crippen LogP contribution in [-0.4, -0.2) is 47.2 Å². The third-order valence-electron chi connectivity index (χ3n) is 2.91. The molecule has 0 aliphatic carbocycles. The summed E-state index contributed by atoms with van der Waals surface area (Å²) in [5.74, 6) is 0.0272. The maximum Gasteiger partial charge on any atom is 0.271 e. The van der Waals surface area contributed by atoms with Crippen LogP contribution in [0.5, 0.6) is 0 Å². The Bertz CT molecular complexity index is 316. The second-order valence-electron chi connectivity index (χ2n) is 3.87. The van der Waals surface area contributed by atoms with E-state index >= 15 is 0 Å². The Balaban J connectivity index is 2.00. The number of H-pyrrole nitrogens is 1. The molecule has 1 saturated heterocycles. The minimum absolute atomic E-state index is 0.0272. The number of nitrogens with zero attached hydrogens (tertiary/aromatic N) is 2. The number of aromatic amines is 1. The lowest BCUT2D eigenvalue weighted by Crippen LogP contribution is -2.44. The average Bonchev–Trinajstić information content (AvgIpc) is 2.82. The van der Waals surface area contributed by atoms with E-state index in [1.54, 1.807) is 12.3 Å². The molecule has 2 N–H and O–H groups in total. The van der Waals surface area contributed by atoms with Crippen molar-refractivity contribution in [2.24, 2.45) is 0 Å². The van der Waals surface area contributed by atoms with Gasteiger partial charge in [0.2, 0.25) is 0 Å². The van der Waals surface area contributed by atoms with Gasteiger partial charge < -0.3 is 10.2 Å². The number of hydrogen-bond acceptors (Lipinski definition) is 3. The van der Waals surface area contributed by atoms with Crippen LogP contribution in [0, 0.1) is 0 Å². The lowest BCUT2D eigenvalue weighted by molar-refractivity contribution is 0.0697. The van der Waals surface area contributed by atoms with Gasteiger partial charge in [0, 0.05) is 19.3 Å². The monoisotopic (exact) mass is 208 g/mol. The van der Waals surface area contributed by atoms with Crippen LogP contribution < -0.4 is 5.32 Å². The van der Waals surface area contributed by atoms with E-state index in [2.05, 4.69) is 15.5 Å². The molecular formula is C10H16N4O. The van der Waals surface area contributed by atoms with Crippen molar-refractivity contribution in [2.45, 2.75) is 18.9 Å². The molecule has 0 radical (unpaired) electrons. The van der Waals surface area contributed by atoms with Crippen LogP contribution in [0.25, 0.3) is 0 Å². The molecule has 5 heteroatoms. The van der Waals surface area contributed by atoms with Crippen molar-refractivity contribution in [1.29, 1.82) is 0 Å². The molecule has 0 bridgehead atoms. The molecule has 0 saturated carbocycles. The van der Waals surface area contributed by atoms with Gasteiger partial charge in [-0.1, -0.05) is 0 Å². The molecule has 1 aliphatic rings. The molecule has 0 unspecified atom stereocenters. The van der Waals surface area contributed by atoms with Crippen molar-refractivity contribution in [3.63, 3.8) is 0 Å². The number of carbonyl (C=O) groups excluding carboxylic acids is 1. The lowest BCUT2D eigenvalue weighted by Gasteiger charge is -2.31. The third kappa shape index (κ3) is 2.18. The van der Waals surface area contributed by atoms with E-state index in [1.807, 2.05) is 11.9 Å². The number of hydrogen-bond donors (Lipinski definition) is 2. The second kappa shape index (κ2) is 4.44. The van der Waals surface area contributed by atoms with Crippen molar-refractivity contribution in [1.82, 2.24) is 20.4 Å². The van der Waals surface area contributed by atoms with Crippen LogP contribution in [0.1, 0.15) is 23.3 Å². The molecule has 82 valence electrons. The molecule has 1 aromatic rings. The zero-order valence-electron chi connectivity index (χ0n) is 8.86. The second-order valence-corrected chi connectivity index (χ2v) is 3.87. The number of nitrogens with one attached hydrogen (secondary N) is 2. The highest BCUT2D eigenvalue weighted by Gasteiger charge is 2.23. The first-order valence-electron chi connectivity index (χ1n) is 5.26. The molecule has 15 heavy (non-hydrogen) atoms. The van der Waals surface area contributed by atoms with Crippen molar-refractivity contribution in [3.05, 3.63) is 18.0 Å². The number of aromatic nitrogens is 2. The number of piperidine rings is 1. The van der Waals surface area contributed by atoms with Gasteiger partial charge >= 0.3 is 0 Å². The van der Waals surface area contributed by atoms with E-state index in [9.17, 15) is 4.79 Å². The molecular weight excluding hydrogens is 192 g/mol. The molecule has 2 rings (SSSR count). The van der Waals surface area contributed by atoms with E-state index in [0.717, 1.165) is 25.9 Å². The van der Waals surface area contributed by atoms with Gasteiger partial charge in [0.25, 0.3) is 5.91 Å². The van der Waals surface area contributed by atoms with E-state index in [-0.39, 0.29) is 5.91 Å². The topological polar surface area (TPSA) is 61.0 Å². The zero-order chi connectivity index (χ0) is 10.7. The molecule has 2 heterocycles. The summed E-state index contributed by atoms with van der Waals surface area (Å²) in [7, 11) is 1.86. The van der Waals surface area contributed by atoms with Crippen molar-refractivity contribution in [3.8, 4) is 0 Å². The molecule has 0 aromatic carbocycles. The third-order valence-corrected chi connectivity index (χ3v) is 2.91. The zero-order valence-corrected chi connectivity index (χ0v) is 8.86. The van der Waals surface area contributed by atoms with Gasteiger partial charge in [-0.25, -0.2) is 0 Å². The molecule has 1 fully saturated rings. The van der Waals surface area contributed by atoms with E-state index < -0.39 is 0 Å². The van der Waals surface area contributed by atoms with Gasteiger partial charge in [-0.15, -0.1) is 0 Å². The first-order valence-corrected chi connectivity index (χ1v) is 5.26. The predicted octanol–water partition coefficient (Wildman–Crippen LogP) is 0.234. The summed E-state index contributed by atoms with van der Waals surface area (Å²) in [6.45, 7) is 1.98. The standard InChI is InChI=1S/C10H16N4O/c1-14(8-2-5-11-6-3-8)10(15)9-4-7-12-13-9/h4,7-8,11H,2-3,5-6H2,1H3,(H,12,13). The first-order chi connectivity index (χ1) is 7.29. The molecule has 0 atom stereocenters. The largest absolute Gasteiger partial charge is 0.337 e. The average molecular weight is 208 g/mol. The van der Waals surface area contributed by atoms with Crippen LogP contribution in [0.2, 0.25) is 0 Å².